The summed E-state index contributed by atoms with van der Waals surface area (Å²) in [6.45, 7) is 14.1. The SMILES string of the molecule is Cc1cc(Cc2cc(C)cc([C@@H]3C[C@H]4CC[C@@H]3C4(C)C)c2O)c(O)c([C@H]2C[C@@H]3CC[C@H]2C3(C)C)c1. The van der Waals surface area contributed by atoms with Gasteiger partial charge in [0, 0.05) is 6.42 Å². The highest BCUT2D eigenvalue weighted by molar-refractivity contribution is 5.53. The predicted molar refractivity (Wildman–Crippen MR) is 143 cm³/mol. The quantitative estimate of drug-likeness (QED) is 0.469. The van der Waals surface area contributed by atoms with E-state index in [0.717, 1.165) is 34.1 Å². The molecule has 4 saturated carbocycles. The Kier molecular flexibility index (Phi) is 5.20. The number of benzene rings is 2. The predicted octanol–water partition coefficient (Wildman–Crippen LogP) is 8.38. The van der Waals surface area contributed by atoms with E-state index in [0.29, 0.717) is 52.4 Å². The molecule has 0 amide bonds. The van der Waals surface area contributed by atoms with Gasteiger partial charge in [-0.3, -0.25) is 0 Å². The van der Waals surface area contributed by atoms with Crippen molar-refractivity contribution in [2.75, 3.05) is 0 Å². The van der Waals surface area contributed by atoms with Gasteiger partial charge in [0.05, 0.1) is 0 Å². The van der Waals surface area contributed by atoms with Crippen LogP contribution in [-0.2, 0) is 6.42 Å². The molecular weight excluding hydrogens is 428 g/mol. The molecule has 0 aliphatic heterocycles. The molecule has 188 valence electrons. The van der Waals surface area contributed by atoms with E-state index in [1.807, 2.05) is 0 Å². The van der Waals surface area contributed by atoms with Crippen molar-refractivity contribution in [1.82, 2.24) is 0 Å². The van der Waals surface area contributed by atoms with Gasteiger partial charge in [-0.2, -0.15) is 0 Å². The van der Waals surface area contributed by atoms with Gasteiger partial charge in [-0.25, -0.2) is 0 Å². The van der Waals surface area contributed by atoms with Crippen LogP contribution in [0.15, 0.2) is 24.3 Å². The van der Waals surface area contributed by atoms with Crippen molar-refractivity contribution < 1.29 is 10.2 Å². The molecule has 2 aromatic carbocycles. The van der Waals surface area contributed by atoms with Crippen LogP contribution >= 0.6 is 0 Å². The molecule has 4 fully saturated rings. The molecule has 4 bridgehead atoms. The summed E-state index contributed by atoms with van der Waals surface area (Å²) in [5.74, 6) is 4.74. The summed E-state index contributed by atoms with van der Waals surface area (Å²) in [4.78, 5) is 0. The summed E-state index contributed by atoms with van der Waals surface area (Å²) in [7, 11) is 0. The first-order valence-corrected chi connectivity index (χ1v) is 14.1. The molecule has 0 unspecified atom stereocenters. The number of phenols is 2. The summed E-state index contributed by atoms with van der Waals surface area (Å²) in [6.07, 6.45) is 8.25. The van der Waals surface area contributed by atoms with Gasteiger partial charge in [0.1, 0.15) is 11.5 Å². The molecule has 0 saturated heterocycles. The largest absolute Gasteiger partial charge is 0.507 e. The molecule has 2 N–H and O–H groups in total. The van der Waals surface area contributed by atoms with Crippen molar-refractivity contribution in [3.63, 3.8) is 0 Å². The fourth-order valence-corrected chi connectivity index (χ4v) is 9.57. The van der Waals surface area contributed by atoms with Crippen LogP contribution in [0.3, 0.4) is 0 Å². The topological polar surface area (TPSA) is 40.5 Å². The number of aryl methyl sites for hydroxylation is 2. The lowest BCUT2D eigenvalue weighted by Crippen LogP contribution is -2.19. The Morgan fingerprint density at radius 3 is 1.37 bits per heavy atom. The minimum absolute atomic E-state index is 0.374. The monoisotopic (exact) mass is 472 g/mol. The molecule has 2 nitrogen and oxygen atoms in total. The van der Waals surface area contributed by atoms with Crippen molar-refractivity contribution in [2.45, 2.75) is 98.3 Å². The van der Waals surface area contributed by atoms with Crippen molar-refractivity contribution in [3.8, 4) is 11.5 Å². The number of fused-ring (bicyclic) bond motifs is 4. The third-order valence-corrected chi connectivity index (χ3v) is 11.6. The van der Waals surface area contributed by atoms with Crippen LogP contribution in [0.4, 0.5) is 0 Å². The first-order valence-electron chi connectivity index (χ1n) is 14.1. The van der Waals surface area contributed by atoms with Gasteiger partial charge in [-0.15, -0.1) is 0 Å². The van der Waals surface area contributed by atoms with E-state index in [1.54, 1.807) is 0 Å². The number of hydrogen-bond acceptors (Lipinski definition) is 2. The second-order valence-corrected chi connectivity index (χ2v) is 14.0. The van der Waals surface area contributed by atoms with Crippen molar-refractivity contribution in [2.24, 2.45) is 34.5 Å². The molecule has 0 heterocycles. The molecule has 2 heteroatoms. The Morgan fingerprint density at radius 2 is 1.06 bits per heavy atom. The van der Waals surface area contributed by atoms with Gasteiger partial charge < -0.3 is 10.2 Å². The molecule has 4 aliphatic carbocycles. The maximum atomic E-state index is 11.5. The van der Waals surface area contributed by atoms with Crippen LogP contribution in [0.5, 0.6) is 11.5 Å². The van der Waals surface area contributed by atoms with Crippen LogP contribution in [0.25, 0.3) is 0 Å². The fraction of sp³-hybridized carbons (Fsp3) is 0.636. The molecule has 0 spiro atoms. The molecule has 6 rings (SSSR count). The van der Waals surface area contributed by atoms with Crippen molar-refractivity contribution in [3.05, 3.63) is 57.6 Å². The highest BCUT2D eigenvalue weighted by Crippen LogP contribution is 2.65. The van der Waals surface area contributed by atoms with Crippen LogP contribution in [0.1, 0.15) is 111 Å². The third-order valence-electron chi connectivity index (χ3n) is 11.6. The average molecular weight is 473 g/mol. The lowest BCUT2D eigenvalue weighted by Gasteiger charge is -2.29. The first kappa shape index (κ1) is 23.4. The van der Waals surface area contributed by atoms with Crippen molar-refractivity contribution >= 4 is 0 Å². The van der Waals surface area contributed by atoms with Gasteiger partial charge in [0.15, 0.2) is 0 Å². The lowest BCUT2D eigenvalue weighted by molar-refractivity contribution is 0.252. The lowest BCUT2D eigenvalue weighted by atomic mass is 9.76. The highest BCUT2D eigenvalue weighted by atomic mass is 16.3. The van der Waals surface area contributed by atoms with Crippen LogP contribution in [-0.4, -0.2) is 10.2 Å². The fourth-order valence-electron chi connectivity index (χ4n) is 9.57. The number of aromatic hydroxyl groups is 2. The zero-order valence-electron chi connectivity index (χ0n) is 22.6. The summed E-state index contributed by atoms with van der Waals surface area (Å²) in [5, 5.41) is 23.1. The third kappa shape index (κ3) is 3.41. The Balaban J connectivity index is 1.34. The molecule has 6 atom stereocenters. The highest BCUT2D eigenvalue weighted by Gasteiger charge is 2.55. The Morgan fingerprint density at radius 1 is 0.657 bits per heavy atom. The average Bonchev–Trinajstić information content (AvgIpc) is 3.43. The standard InChI is InChI=1S/C33H44O2/c1-18-11-20(30(34)26(13-18)24-16-22-7-9-28(24)32(22,3)4)15-21-12-19(2)14-27(31(21)35)25-17-23-8-10-29(25)33(23,5)6/h11-14,22-25,28-29,34-35H,7-10,15-17H2,1-6H3/t22-,23+,24+,25-,28+,29-. The summed E-state index contributed by atoms with van der Waals surface area (Å²) >= 11 is 0. The van der Waals surface area contributed by atoms with E-state index in [-0.39, 0.29) is 0 Å². The second kappa shape index (κ2) is 7.77. The maximum Gasteiger partial charge on any atom is 0.122 e. The van der Waals surface area contributed by atoms with E-state index < -0.39 is 0 Å². The zero-order chi connectivity index (χ0) is 24.9. The number of hydrogen-bond donors (Lipinski definition) is 2. The Bertz CT molecular complexity index is 1080. The van der Waals surface area contributed by atoms with Crippen molar-refractivity contribution in [1.29, 1.82) is 0 Å². The molecule has 4 aliphatic rings. The first-order chi connectivity index (χ1) is 16.5. The van der Waals surface area contributed by atoms with E-state index in [9.17, 15) is 10.2 Å². The molecule has 35 heavy (non-hydrogen) atoms. The van der Waals surface area contributed by atoms with E-state index in [1.165, 1.54) is 49.7 Å². The maximum absolute atomic E-state index is 11.5. The van der Waals surface area contributed by atoms with Gasteiger partial charge >= 0.3 is 0 Å². The van der Waals surface area contributed by atoms with E-state index >= 15 is 0 Å². The molecule has 2 aromatic rings. The van der Waals surface area contributed by atoms with Crippen LogP contribution in [0.2, 0.25) is 0 Å². The zero-order valence-corrected chi connectivity index (χ0v) is 22.6. The second-order valence-electron chi connectivity index (χ2n) is 14.0. The Labute approximate surface area is 212 Å². The van der Waals surface area contributed by atoms with Crippen LogP contribution < -0.4 is 0 Å². The summed E-state index contributed by atoms with van der Waals surface area (Å²) in [6, 6.07) is 8.75. The van der Waals surface area contributed by atoms with Gasteiger partial charge in [0.2, 0.25) is 0 Å². The number of rotatable bonds is 4. The smallest absolute Gasteiger partial charge is 0.122 e. The van der Waals surface area contributed by atoms with E-state index in [4.69, 9.17) is 0 Å². The van der Waals surface area contributed by atoms with Crippen LogP contribution in [0, 0.1) is 48.3 Å². The molecule has 0 aromatic heterocycles. The summed E-state index contributed by atoms with van der Waals surface area (Å²) in [5.41, 5.74) is 7.44. The van der Waals surface area contributed by atoms with Gasteiger partial charge in [-0.05, 0) is 121 Å². The number of phenolic OH excluding ortho intramolecular Hbond substituents is 2. The minimum Gasteiger partial charge on any atom is -0.507 e. The normalized spacial score (nSPS) is 34.1. The van der Waals surface area contributed by atoms with Gasteiger partial charge in [-0.1, -0.05) is 63.1 Å². The Hall–Kier alpha value is -1.96. The van der Waals surface area contributed by atoms with Gasteiger partial charge in [0.25, 0.3) is 0 Å². The minimum atomic E-state index is 0.374. The van der Waals surface area contributed by atoms with E-state index in [2.05, 4.69) is 65.8 Å². The molecular formula is C33H44O2. The summed E-state index contributed by atoms with van der Waals surface area (Å²) < 4.78 is 0. The molecule has 0 radical (unpaired) electrons.